The molecule has 0 atom stereocenters. The number of allylic oxidation sites excluding steroid dienone is 1. The predicted molar refractivity (Wildman–Crippen MR) is 74.2 cm³/mol. The zero-order chi connectivity index (χ0) is 13.5. The monoisotopic (exact) mass is 285 g/mol. The van der Waals surface area contributed by atoms with E-state index >= 15 is 0 Å². The molecule has 0 spiro atoms. The van der Waals surface area contributed by atoms with Crippen molar-refractivity contribution < 1.29 is 8.42 Å². The molecule has 0 N–H and O–H groups in total. The van der Waals surface area contributed by atoms with E-state index in [1.807, 2.05) is 13.8 Å². The second-order valence-electron chi connectivity index (χ2n) is 4.22. The van der Waals surface area contributed by atoms with Crippen LogP contribution < -0.4 is 0 Å². The molecule has 1 heterocycles. The summed E-state index contributed by atoms with van der Waals surface area (Å²) in [7, 11) is -3.37. The summed E-state index contributed by atoms with van der Waals surface area (Å²) >= 11 is 5.90. The van der Waals surface area contributed by atoms with Crippen molar-refractivity contribution in [1.29, 1.82) is 0 Å². The van der Waals surface area contributed by atoms with E-state index in [0.717, 1.165) is 24.4 Å². The van der Waals surface area contributed by atoms with E-state index in [0.29, 0.717) is 14.8 Å². The molecule has 98 valence electrons. The van der Waals surface area contributed by atoms with E-state index in [1.165, 1.54) is 6.07 Å². The third kappa shape index (κ3) is 1.84. The Balaban J connectivity index is 2.72. The third-order valence-electron chi connectivity index (χ3n) is 3.30. The lowest BCUT2D eigenvalue weighted by Crippen LogP contribution is -2.21. The second-order valence-corrected chi connectivity index (χ2v) is 6.72. The van der Waals surface area contributed by atoms with Gasteiger partial charge in [-0.1, -0.05) is 17.7 Å². The van der Waals surface area contributed by atoms with E-state index in [-0.39, 0.29) is 0 Å². The summed E-state index contributed by atoms with van der Waals surface area (Å²) in [5.41, 5.74) is 1.58. The third-order valence-corrected chi connectivity index (χ3v) is 5.46. The number of sulfone groups is 1. The Morgan fingerprint density at radius 3 is 2.39 bits per heavy atom. The first kappa shape index (κ1) is 13.4. The lowest BCUT2D eigenvalue weighted by Gasteiger charge is -2.23. The van der Waals surface area contributed by atoms with Crippen molar-refractivity contribution in [2.45, 2.75) is 25.7 Å². The standard InChI is InChI=1S/C13H16ClNO2S/c1-4-15(5-2)13-9(3)18(16,17)12-8-10(14)6-7-11(12)13/h6-8H,4-5H2,1-3H3. The summed E-state index contributed by atoms with van der Waals surface area (Å²) in [4.78, 5) is 2.81. The Bertz CT molecular complexity index is 616. The van der Waals surface area contributed by atoms with Crippen molar-refractivity contribution in [3.8, 4) is 0 Å². The molecule has 0 fully saturated rings. The fraction of sp³-hybridized carbons (Fsp3) is 0.385. The van der Waals surface area contributed by atoms with Crippen LogP contribution in [0.25, 0.3) is 5.70 Å². The molecule has 0 unspecified atom stereocenters. The number of fused-ring (bicyclic) bond motifs is 1. The average molecular weight is 286 g/mol. The highest BCUT2D eigenvalue weighted by atomic mass is 35.5. The minimum absolute atomic E-state index is 0.328. The average Bonchev–Trinajstić information content (AvgIpc) is 2.52. The topological polar surface area (TPSA) is 37.4 Å². The van der Waals surface area contributed by atoms with Crippen molar-refractivity contribution >= 4 is 27.1 Å². The molecule has 1 aliphatic rings. The van der Waals surface area contributed by atoms with Gasteiger partial charge in [-0.25, -0.2) is 8.42 Å². The first-order chi connectivity index (χ1) is 8.43. The largest absolute Gasteiger partial charge is 0.371 e. The van der Waals surface area contributed by atoms with E-state index in [2.05, 4.69) is 4.90 Å². The summed E-state index contributed by atoms with van der Waals surface area (Å²) in [6, 6.07) is 5.06. The van der Waals surface area contributed by atoms with Crippen molar-refractivity contribution in [2.24, 2.45) is 0 Å². The Labute approximate surface area is 113 Å². The maximum atomic E-state index is 12.3. The van der Waals surface area contributed by atoms with E-state index in [4.69, 9.17) is 11.6 Å². The molecule has 0 aromatic heterocycles. The predicted octanol–water partition coefficient (Wildman–Crippen LogP) is 3.16. The zero-order valence-electron chi connectivity index (χ0n) is 10.7. The van der Waals surface area contributed by atoms with E-state index in [1.54, 1.807) is 19.1 Å². The molecule has 0 amide bonds. The van der Waals surface area contributed by atoms with Gasteiger partial charge in [-0.2, -0.15) is 0 Å². The van der Waals surface area contributed by atoms with Crippen LogP contribution >= 0.6 is 11.6 Å². The van der Waals surface area contributed by atoms with Gasteiger partial charge in [-0.05, 0) is 32.9 Å². The van der Waals surface area contributed by atoms with Crippen molar-refractivity contribution in [2.75, 3.05) is 13.1 Å². The highest BCUT2D eigenvalue weighted by molar-refractivity contribution is 7.95. The van der Waals surface area contributed by atoms with Crippen LogP contribution in [0.2, 0.25) is 5.02 Å². The number of benzene rings is 1. The van der Waals surface area contributed by atoms with Gasteiger partial charge >= 0.3 is 0 Å². The van der Waals surface area contributed by atoms with Crippen LogP contribution in [0.15, 0.2) is 28.0 Å². The fourth-order valence-corrected chi connectivity index (χ4v) is 4.13. The maximum Gasteiger partial charge on any atom is 0.205 e. The Kier molecular flexibility index (Phi) is 3.43. The summed E-state index contributed by atoms with van der Waals surface area (Å²) < 4.78 is 24.7. The van der Waals surface area contributed by atoms with Crippen LogP contribution in [-0.4, -0.2) is 26.4 Å². The van der Waals surface area contributed by atoms with Crippen LogP contribution in [0.4, 0.5) is 0 Å². The molecule has 1 aromatic rings. The quantitative estimate of drug-likeness (QED) is 0.856. The van der Waals surface area contributed by atoms with Gasteiger partial charge < -0.3 is 4.90 Å². The molecule has 0 bridgehead atoms. The molecule has 2 rings (SSSR count). The van der Waals surface area contributed by atoms with Crippen molar-refractivity contribution in [3.63, 3.8) is 0 Å². The fourth-order valence-electron chi connectivity index (χ4n) is 2.33. The normalized spacial score (nSPS) is 16.9. The van der Waals surface area contributed by atoms with E-state index < -0.39 is 9.84 Å². The van der Waals surface area contributed by atoms with Crippen LogP contribution in [0.3, 0.4) is 0 Å². The zero-order valence-corrected chi connectivity index (χ0v) is 12.3. The number of hydrogen-bond donors (Lipinski definition) is 0. The smallest absolute Gasteiger partial charge is 0.205 e. The summed E-state index contributed by atoms with van der Waals surface area (Å²) in [5.74, 6) is 0. The first-order valence-electron chi connectivity index (χ1n) is 5.94. The number of hydrogen-bond acceptors (Lipinski definition) is 3. The molecule has 0 saturated heterocycles. The lowest BCUT2D eigenvalue weighted by atomic mass is 10.1. The Morgan fingerprint density at radius 1 is 1.22 bits per heavy atom. The van der Waals surface area contributed by atoms with E-state index in [9.17, 15) is 8.42 Å². The van der Waals surface area contributed by atoms with Gasteiger partial charge in [0, 0.05) is 23.7 Å². The molecule has 1 aliphatic heterocycles. The molecule has 0 aliphatic carbocycles. The van der Waals surface area contributed by atoms with Gasteiger partial charge in [-0.3, -0.25) is 0 Å². The van der Waals surface area contributed by atoms with Crippen molar-refractivity contribution in [3.05, 3.63) is 33.7 Å². The second kappa shape index (κ2) is 4.59. The van der Waals surface area contributed by atoms with Crippen LogP contribution in [0, 0.1) is 0 Å². The van der Waals surface area contributed by atoms with Crippen LogP contribution in [0.5, 0.6) is 0 Å². The van der Waals surface area contributed by atoms with Gasteiger partial charge in [0.05, 0.1) is 15.5 Å². The number of rotatable bonds is 3. The maximum absolute atomic E-state index is 12.3. The van der Waals surface area contributed by atoms with Gasteiger partial charge in [0.2, 0.25) is 9.84 Å². The molecular weight excluding hydrogens is 270 g/mol. The minimum atomic E-state index is -3.37. The Hall–Kier alpha value is -1.00. The number of nitrogens with zero attached hydrogens (tertiary/aromatic N) is 1. The highest BCUT2D eigenvalue weighted by Gasteiger charge is 2.34. The molecule has 0 radical (unpaired) electrons. The van der Waals surface area contributed by atoms with Crippen molar-refractivity contribution in [1.82, 2.24) is 4.90 Å². The number of halogens is 1. The van der Waals surface area contributed by atoms with Crippen LogP contribution in [0.1, 0.15) is 26.3 Å². The van der Waals surface area contributed by atoms with Crippen LogP contribution in [-0.2, 0) is 9.84 Å². The molecule has 18 heavy (non-hydrogen) atoms. The Morgan fingerprint density at radius 2 is 1.83 bits per heavy atom. The summed E-state index contributed by atoms with van der Waals surface area (Å²) in [6.07, 6.45) is 0. The van der Waals surface area contributed by atoms with Gasteiger partial charge in [0.1, 0.15) is 0 Å². The van der Waals surface area contributed by atoms with Gasteiger partial charge in [0.15, 0.2) is 0 Å². The molecule has 5 heteroatoms. The SMILES string of the molecule is CCN(CC)C1=C(C)S(=O)(=O)c2cc(Cl)ccc21. The van der Waals surface area contributed by atoms with Gasteiger partial charge in [0.25, 0.3) is 0 Å². The van der Waals surface area contributed by atoms with Gasteiger partial charge in [-0.15, -0.1) is 0 Å². The molecule has 0 saturated carbocycles. The minimum Gasteiger partial charge on any atom is -0.371 e. The lowest BCUT2D eigenvalue weighted by molar-refractivity contribution is 0.440. The molecule has 3 nitrogen and oxygen atoms in total. The highest BCUT2D eigenvalue weighted by Crippen LogP contribution is 2.41. The molecule has 1 aromatic carbocycles. The summed E-state index contributed by atoms with van der Waals surface area (Å²) in [5, 5.41) is 0.450. The first-order valence-corrected chi connectivity index (χ1v) is 7.80. The summed E-state index contributed by atoms with van der Waals surface area (Å²) in [6.45, 7) is 7.26. The molecular formula is C13H16ClNO2S.